The molecule has 34 heavy (non-hydrogen) atoms. The Balaban J connectivity index is 1.55. The first-order valence-corrected chi connectivity index (χ1v) is 11.3. The molecule has 0 saturated carbocycles. The summed E-state index contributed by atoms with van der Waals surface area (Å²) in [7, 11) is 1.85. The number of rotatable bonds is 7. The van der Waals surface area contributed by atoms with Gasteiger partial charge in [0, 0.05) is 39.8 Å². The van der Waals surface area contributed by atoms with Gasteiger partial charge in [-0.3, -0.25) is 9.69 Å². The number of carbonyl (C=O) groups excluding carboxylic acids is 1. The number of hydrogen-bond acceptors (Lipinski definition) is 5. The summed E-state index contributed by atoms with van der Waals surface area (Å²) in [6.45, 7) is 0.967. The number of aromatic nitrogens is 2. The Kier molecular flexibility index (Phi) is 7.11. The van der Waals surface area contributed by atoms with E-state index in [1.807, 2.05) is 34.7 Å². The van der Waals surface area contributed by atoms with E-state index in [4.69, 9.17) is 23.2 Å². The second-order valence-corrected chi connectivity index (χ2v) is 8.92. The summed E-state index contributed by atoms with van der Waals surface area (Å²) in [6, 6.07) is 9.05. The van der Waals surface area contributed by atoms with E-state index in [1.54, 1.807) is 12.1 Å². The number of amides is 1. The van der Waals surface area contributed by atoms with Gasteiger partial charge in [-0.2, -0.15) is 13.2 Å². The van der Waals surface area contributed by atoms with Gasteiger partial charge in [-0.25, -0.2) is 4.98 Å². The number of fused-ring (bicyclic) bond motifs is 1. The van der Waals surface area contributed by atoms with Crippen molar-refractivity contribution in [3.05, 3.63) is 45.9 Å². The van der Waals surface area contributed by atoms with Crippen LogP contribution >= 0.6 is 23.2 Å². The number of benzene rings is 2. The van der Waals surface area contributed by atoms with Gasteiger partial charge in [-0.1, -0.05) is 29.3 Å². The highest BCUT2D eigenvalue weighted by atomic mass is 35.5. The Morgan fingerprint density at radius 1 is 1.09 bits per heavy atom. The lowest BCUT2D eigenvalue weighted by Crippen LogP contribution is -2.49. The molecule has 2 N–H and O–H groups in total. The van der Waals surface area contributed by atoms with E-state index in [0.717, 1.165) is 16.8 Å². The molecular weight excluding hydrogens is 492 g/mol. The van der Waals surface area contributed by atoms with Crippen LogP contribution in [0, 0.1) is 0 Å². The number of nitrogens with zero attached hydrogens (tertiary/aromatic N) is 4. The Bertz CT molecular complexity index is 1190. The molecule has 3 aromatic rings. The second-order valence-electron chi connectivity index (χ2n) is 8.10. The number of aryl methyl sites for hydroxylation is 1. The molecule has 1 saturated heterocycles. The average molecular weight is 515 g/mol. The van der Waals surface area contributed by atoms with Crippen LogP contribution < -0.4 is 15.5 Å². The summed E-state index contributed by atoms with van der Waals surface area (Å²) < 4.78 is 39.9. The van der Waals surface area contributed by atoms with Crippen LogP contribution in [0.2, 0.25) is 10.0 Å². The van der Waals surface area contributed by atoms with Gasteiger partial charge in [0.05, 0.1) is 39.0 Å². The van der Waals surface area contributed by atoms with Crippen molar-refractivity contribution < 1.29 is 18.0 Å². The molecule has 0 atom stereocenters. The van der Waals surface area contributed by atoms with Crippen molar-refractivity contribution in [2.75, 3.05) is 42.9 Å². The predicted octanol–water partition coefficient (Wildman–Crippen LogP) is 4.55. The molecule has 182 valence electrons. The molecule has 2 aromatic carbocycles. The Labute approximate surface area is 204 Å². The summed E-state index contributed by atoms with van der Waals surface area (Å²) in [6.07, 6.45) is -3.57. The number of hydrogen-bond donors (Lipinski definition) is 2. The molecule has 4 rings (SSSR count). The maximum Gasteiger partial charge on any atom is 0.401 e. The van der Waals surface area contributed by atoms with Crippen molar-refractivity contribution in [3.8, 4) is 0 Å². The molecule has 0 unspecified atom stereocenters. The third-order valence-corrected chi connectivity index (χ3v) is 6.36. The molecule has 0 radical (unpaired) electrons. The van der Waals surface area contributed by atoms with Gasteiger partial charge in [0.2, 0.25) is 12.4 Å². The first-order valence-electron chi connectivity index (χ1n) is 10.6. The Hall–Kier alpha value is -2.69. The topological polar surface area (TPSA) is 65.4 Å². The van der Waals surface area contributed by atoms with Gasteiger partial charge in [-0.05, 0) is 29.8 Å². The van der Waals surface area contributed by atoms with Crippen LogP contribution in [-0.4, -0.2) is 59.8 Å². The van der Waals surface area contributed by atoms with Crippen LogP contribution in [-0.2, 0) is 18.4 Å². The van der Waals surface area contributed by atoms with Crippen LogP contribution in [0.15, 0.2) is 30.3 Å². The van der Waals surface area contributed by atoms with Gasteiger partial charge in [0.25, 0.3) is 0 Å². The standard InChI is InChI=1S/C22H23Cl2F3N6O/c1-31-20-10-19(33-6-4-32(5-7-33)12-22(25,26)27)16(24)9-18(20)30-21(31)29-17-8-14(11-28-13-34)2-3-15(17)23/h2-3,8-10,13H,4-7,11-12H2,1H3,(H,28,34)(H,29,30). The quantitative estimate of drug-likeness (QED) is 0.452. The summed E-state index contributed by atoms with van der Waals surface area (Å²) in [5.74, 6) is 0.542. The molecule has 0 spiro atoms. The predicted molar refractivity (Wildman–Crippen MR) is 128 cm³/mol. The molecule has 1 amide bonds. The van der Waals surface area contributed by atoms with Crippen molar-refractivity contribution in [2.45, 2.75) is 12.7 Å². The number of nitrogens with one attached hydrogen (secondary N) is 2. The van der Waals surface area contributed by atoms with Crippen LogP contribution in [0.1, 0.15) is 5.56 Å². The van der Waals surface area contributed by atoms with Gasteiger partial charge >= 0.3 is 6.18 Å². The van der Waals surface area contributed by atoms with E-state index < -0.39 is 12.7 Å². The summed E-state index contributed by atoms with van der Waals surface area (Å²) in [5, 5.41) is 6.83. The van der Waals surface area contributed by atoms with Gasteiger partial charge in [0.1, 0.15) is 0 Å². The highest BCUT2D eigenvalue weighted by Gasteiger charge is 2.32. The van der Waals surface area contributed by atoms with Crippen molar-refractivity contribution in [1.82, 2.24) is 19.8 Å². The third kappa shape index (κ3) is 5.51. The minimum atomic E-state index is -4.20. The maximum atomic E-state index is 12.7. The lowest BCUT2D eigenvalue weighted by atomic mass is 10.2. The van der Waals surface area contributed by atoms with Gasteiger partial charge in [-0.15, -0.1) is 0 Å². The van der Waals surface area contributed by atoms with E-state index in [1.165, 1.54) is 4.90 Å². The van der Waals surface area contributed by atoms with Gasteiger partial charge in [0.15, 0.2) is 0 Å². The molecule has 12 heteroatoms. The number of piperazine rings is 1. The minimum Gasteiger partial charge on any atom is -0.368 e. The highest BCUT2D eigenvalue weighted by molar-refractivity contribution is 6.34. The van der Waals surface area contributed by atoms with Gasteiger partial charge < -0.3 is 20.1 Å². The first-order chi connectivity index (χ1) is 16.1. The molecule has 1 aliphatic rings. The number of alkyl halides is 3. The van der Waals surface area contributed by atoms with E-state index >= 15 is 0 Å². The summed E-state index contributed by atoms with van der Waals surface area (Å²) >= 11 is 12.9. The fraction of sp³-hybridized carbons (Fsp3) is 0.364. The van der Waals surface area contributed by atoms with E-state index in [2.05, 4.69) is 15.6 Å². The first kappa shape index (κ1) is 24.4. The normalized spacial score (nSPS) is 15.1. The monoisotopic (exact) mass is 514 g/mol. The van der Waals surface area contributed by atoms with Crippen molar-refractivity contribution >= 4 is 58.0 Å². The second kappa shape index (κ2) is 9.89. The zero-order valence-electron chi connectivity index (χ0n) is 18.3. The largest absolute Gasteiger partial charge is 0.401 e. The van der Waals surface area contributed by atoms with E-state index in [-0.39, 0.29) is 0 Å². The van der Waals surface area contributed by atoms with Crippen LogP contribution in [0.3, 0.4) is 0 Å². The van der Waals surface area contributed by atoms with E-state index in [9.17, 15) is 18.0 Å². The van der Waals surface area contributed by atoms with Crippen molar-refractivity contribution in [3.63, 3.8) is 0 Å². The number of anilines is 3. The molecule has 1 aliphatic heterocycles. The minimum absolute atomic E-state index is 0.305. The molecule has 0 aliphatic carbocycles. The fourth-order valence-corrected chi connectivity index (χ4v) is 4.46. The zero-order chi connectivity index (χ0) is 24.5. The molecule has 1 aromatic heterocycles. The lowest BCUT2D eigenvalue weighted by Gasteiger charge is -2.36. The Morgan fingerprint density at radius 3 is 2.50 bits per heavy atom. The Morgan fingerprint density at radius 2 is 1.82 bits per heavy atom. The average Bonchev–Trinajstić information content (AvgIpc) is 3.07. The zero-order valence-corrected chi connectivity index (χ0v) is 19.8. The highest BCUT2D eigenvalue weighted by Crippen LogP contribution is 2.34. The summed E-state index contributed by atoms with van der Waals surface area (Å²) in [5.41, 5.74) is 3.75. The van der Waals surface area contributed by atoms with Crippen LogP contribution in [0.4, 0.5) is 30.5 Å². The molecule has 1 fully saturated rings. The molecule has 7 nitrogen and oxygen atoms in total. The summed E-state index contributed by atoms with van der Waals surface area (Å²) in [4.78, 5) is 18.6. The molecular formula is C22H23Cl2F3N6O. The third-order valence-electron chi connectivity index (χ3n) is 5.73. The molecule has 2 heterocycles. The lowest BCUT2D eigenvalue weighted by molar-refractivity contribution is -0.146. The number of halogens is 5. The number of imidazole rings is 1. The van der Waals surface area contributed by atoms with Crippen molar-refractivity contribution in [1.29, 1.82) is 0 Å². The maximum absolute atomic E-state index is 12.7. The van der Waals surface area contributed by atoms with Crippen LogP contribution in [0.25, 0.3) is 11.0 Å². The fourth-order valence-electron chi connectivity index (χ4n) is 4.01. The SMILES string of the molecule is Cn1c(Nc2cc(CNC=O)ccc2Cl)nc2cc(Cl)c(N3CCN(CC(F)(F)F)CC3)cc21. The van der Waals surface area contributed by atoms with E-state index in [0.29, 0.717) is 66.3 Å². The van der Waals surface area contributed by atoms with Crippen molar-refractivity contribution in [2.24, 2.45) is 7.05 Å². The number of carbonyl (C=O) groups is 1. The smallest absolute Gasteiger partial charge is 0.368 e. The molecule has 0 bridgehead atoms. The van der Waals surface area contributed by atoms with Crippen LogP contribution in [0.5, 0.6) is 0 Å².